The van der Waals surface area contributed by atoms with Crippen molar-refractivity contribution in [2.45, 2.75) is 11.8 Å². The third-order valence-electron chi connectivity index (χ3n) is 2.81. The first kappa shape index (κ1) is 16.0. The number of nitrogens with one attached hydrogen (secondary N) is 1. The number of benzene rings is 2. The van der Waals surface area contributed by atoms with Crippen molar-refractivity contribution in [2.75, 3.05) is 5.32 Å². The van der Waals surface area contributed by atoms with Crippen LogP contribution in [-0.2, 0) is 0 Å². The van der Waals surface area contributed by atoms with Crippen LogP contribution in [0.4, 0.5) is 5.69 Å². The normalized spacial score (nSPS) is 12.0. The monoisotopic (exact) mass is 507 g/mol. The molecule has 2 nitrogen and oxygen atoms in total. The van der Waals surface area contributed by atoms with Crippen LogP contribution in [0.3, 0.4) is 0 Å². The molecule has 2 rings (SSSR count). The molecule has 0 heterocycles. The summed E-state index contributed by atoms with van der Waals surface area (Å²) in [6.07, 6.45) is 0. The summed E-state index contributed by atoms with van der Waals surface area (Å²) in [5.74, 6) is -0.115. The van der Waals surface area contributed by atoms with E-state index in [0.717, 1.165) is 19.3 Å². The number of amides is 1. The Balaban J connectivity index is 2.31. The first-order chi connectivity index (χ1) is 9.49. The quantitative estimate of drug-likeness (QED) is 0.414. The molecule has 0 spiro atoms. The van der Waals surface area contributed by atoms with Gasteiger partial charge in [-0.3, -0.25) is 4.79 Å². The van der Waals surface area contributed by atoms with Crippen LogP contribution in [0.25, 0.3) is 0 Å². The maximum atomic E-state index is 12.4. The fraction of sp³-hybridized carbons (Fsp3) is 0.133. The van der Waals surface area contributed by atoms with E-state index in [1.165, 1.54) is 0 Å². The third kappa shape index (κ3) is 3.83. The Bertz CT molecular complexity index is 644. The Kier molecular flexibility index (Phi) is 5.63. The van der Waals surface area contributed by atoms with Gasteiger partial charge in [0, 0.05) is 18.6 Å². The molecule has 0 aliphatic rings. The number of carbonyl (C=O) groups excluding carboxylic acids is 1. The van der Waals surface area contributed by atoms with Crippen molar-refractivity contribution < 1.29 is 4.79 Å². The maximum absolute atomic E-state index is 12.4. The van der Waals surface area contributed by atoms with Gasteiger partial charge in [-0.25, -0.2) is 0 Å². The average molecular weight is 509 g/mol. The third-order valence-corrected chi connectivity index (χ3v) is 4.67. The van der Waals surface area contributed by atoms with Crippen molar-refractivity contribution in [3.05, 3.63) is 61.6 Å². The standard InChI is InChI=1S/C15H12Br2INO/c1-9(16)11-4-2-3-5-14(11)19-15(20)12-8-10(18)6-7-13(12)17/h2-9H,1H3,(H,19,20). The van der Waals surface area contributed by atoms with E-state index in [2.05, 4.69) is 59.8 Å². The lowest BCUT2D eigenvalue weighted by atomic mass is 10.1. The molecule has 2 aromatic rings. The van der Waals surface area contributed by atoms with E-state index in [9.17, 15) is 4.79 Å². The molecule has 1 unspecified atom stereocenters. The summed E-state index contributed by atoms with van der Waals surface area (Å²) in [5, 5.41) is 2.97. The lowest BCUT2D eigenvalue weighted by Gasteiger charge is -2.13. The zero-order chi connectivity index (χ0) is 14.7. The molecule has 1 atom stereocenters. The molecule has 0 aliphatic carbocycles. The Labute approximate surface area is 148 Å². The van der Waals surface area contributed by atoms with Gasteiger partial charge in [0.25, 0.3) is 5.91 Å². The maximum Gasteiger partial charge on any atom is 0.256 e. The minimum Gasteiger partial charge on any atom is -0.322 e. The van der Waals surface area contributed by atoms with Gasteiger partial charge in [-0.1, -0.05) is 34.1 Å². The van der Waals surface area contributed by atoms with Crippen LogP contribution in [0.15, 0.2) is 46.9 Å². The predicted molar refractivity (Wildman–Crippen MR) is 98.6 cm³/mol. The second-order valence-electron chi connectivity index (χ2n) is 4.28. The van der Waals surface area contributed by atoms with Gasteiger partial charge in [0.1, 0.15) is 0 Å². The lowest BCUT2D eigenvalue weighted by molar-refractivity contribution is 0.102. The zero-order valence-corrected chi connectivity index (χ0v) is 16.0. The molecule has 5 heteroatoms. The summed E-state index contributed by atoms with van der Waals surface area (Å²) >= 11 is 9.16. The lowest BCUT2D eigenvalue weighted by Crippen LogP contribution is -2.14. The smallest absolute Gasteiger partial charge is 0.256 e. The minimum absolute atomic E-state index is 0.115. The molecule has 0 saturated heterocycles. The minimum atomic E-state index is -0.115. The summed E-state index contributed by atoms with van der Waals surface area (Å²) in [7, 11) is 0. The van der Waals surface area contributed by atoms with Gasteiger partial charge in [0.2, 0.25) is 0 Å². The van der Waals surface area contributed by atoms with Crippen molar-refractivity contribution in [2.24, 2.45) is 0 Å². The summed E-state index contributed by atoms with van der Waals surface area (Å²) in [5.41, 5.74) is 2.52. The molecular weight excluding hydrogens is 497 g/mol. The molecule has 1 N–H and O–H groups in total. The number of rotatable bonds is 3. The molecule has 20 heavy (non-hydrogen) atoms. The van der Waals surface area contributed by atoms with E-state index in [0.29, 0.717) is 5.56 Å². The van der Waals surface area contributed by atoms with Gasteiger partial charge in [0.05, 0.1) is 5.56 Å². The topological polar surface area (TPSA) is 29.1 Å². The van der Waals surface area contributed by atoms with Crippen molar-refractivity contribution in [1.82, 2.24) is 0 Å². The van der Waals surface area contributed by atoms with Crippen LogP contribution in [0, 0.1) is 3.57 Å². The van der Waals surface area contributed by atoms with Gasteiger partial charge in [-0.2, -0.15) is 0 Å². The average Bonchev–Trinajstić information content (AvgIpc) is 2.41. The van der Waals surface area contributed by atoms with Crippen LogP contribution >= 0.6 is 54.5 Å². The highest BCUT2D eigenvalue weighted by atomic mass is 127. The largest absolute Gasteiger partial charge is 0.322 e. The number of carbonyl (C=O) groups is 1. The molecular formula is C15H12Br2INO. The summed E-state index contributed by atoms with van der Waals surface area (Å²) < 4.78 is 1.82. The van der Waals surface area contributed by atoms with E-state index >= 15 is 0 Å². The molecule has 0 aromatic heterocycles. The fourth-order valence-electron chi connectivity index (χ4n) is 1.82. The Morgan fingerprint density at radius 2 is 1.95 bits per heavy atom. The van der Waals surface area contributed by atoms with Crippen LogP contribution < -0.4 is 5.32 Å². The highest BCUT2D eigenvalue weighted by Gasteiger charge is 2.14. The van der Waals surface area contributed by atoms with E-state index in [-0.39, 0.29) is 10.7 Å². The van der Waals surface area contributed by atoms with Crippen LogP contribution in [0.2, 0.25) is 0 Å². The molecule has 0 aliphatic heterocycles. The molecule has 0 fully saturated rings. The number of para-hydroxylation sites is 1. The van der Waals surface area contributed by atoms with Crippen molar-refractivity contribution >= 4 is 66.0 Å². The number of halogens is 3. The van der Waals surface area contributed by atoms with Gasteiger partial charge in [0.15, 0.2) is 0 Å². The van der Waals surface area contributed by atoms with Crippen LogP contribution in [0.5, 0.6) is 0 Å². The van der Waals surface area contributed by atoms with Gasteiger partial charge >= 0.3 is 0 Å². The molecule has 2 aromatic carbocycles. The van der Waals surface area contributed by atoms with E-state index < -0.39 is 0 Å². The second kappa shape index (κ2) is 7.04. The van der Waals surface area contributed by atoms with E-state index in [4.69, 9.17) is 0 Å². The van der Waals surface area contributed by atoms with E-state index in [1.54, 1.807) is 0 Å². The van der Waals surface area contributed by atoms with Crippen LogP contribution in [-0.4, -0.2) is 5.91 Å². The highest BCUT2D eigenvalue weighted by Crippen LogP contribution is 2.29. The molecule has 0 bridgehead atoms. The Morgan fingerprint density at radius 1 is 1.25 bits per heavy atom. The second-order valence-corrected chi connectivity index (χ2v) is 7.76. The Hall–Kier alpha value is -0.400. The fourth-order valence-corrected chi connectivity index (χ4v) is 3.14. The molecule has 0 saturated carbocycles. The van der Waals surface area contributed by atoms with Gasteiger partial charge in [-0.15, -0.1) is 0 Å². The SMILES string of the molecule is CC(Br)c1ccccc1NC(=O)c1cc(I)ccc1Br. The van der Waals surface area contributed by atoms with Crippen molar-refractivity contribution in [3.8, 4) is 0 Å². The molecule has 104 valence electrons. The van der Waals surface area contributed by atoms with E-state index in [1.807, 2.05) is 49.4 Å². The summed E-state index contributed by atoms with van der Waals surface area (Å²) in [4.78, 5) is 12.6. The number of anilines is 1. The van der Waals surface area contributed by atoms with Crippen molar-refractivity contribution in [3.63, 3.8) is 0 Å². The summed E-state index contributed by atoms with van der Waals surface area (Å²) in [6.45, 7) is 2.03. The van der Waals surface area contributed by atoms with Crippen molar-refractivity contribution in [1.29, 1.82) is 0 Å². The first-order valence-electron chi connectivity index (χ1n) is 5.98. The Morgan fingerprint density at radius 3 is 2.65 bits per heavy atom. The van der Waals surface area contributed by atoms with Gasteiger partial charge in [-0.05, 0) is 75.3 Å². The zero-order valence-electron chi connectivity index (χ0n) is 10.7. The highest BCUT2D eigenvalue weighted by molar-refractivity contribution is 14.1. The molecule has 0 radical (unpaired) electrons. The summed E-state index contributed by atoms with van der Waals surface area (Å²) in [6, 6.07) is 13.5. The van der Waals surface area contributed by atoms with Gasteiger partial charge < -0.3 is 5.32 Å². The number of alkyl halides is 1. The number of hydrogen-bond donors (Lipinski definition) is 1. The first-order valence-corrected chi connectivity index (χ1v) is 8.77. The predicted octanol–water partition coefficient (Wildman–Crippen LogP) is 5.76. The molecule has 1 amide bonds. The number of hydrogen-bond acceptors (Lipinski definition) is 1. The van der Waals surface area contributed by atoms with Crippen LogP contribution in [0.1, 0.15) is 27.7 Å².